The molecule has 0 aliphatic carbocycles. The van der Waals surface area contributed by atoms with Crippen molar-refractivity contribution in [1.82, 2.24) is 4.72 Å². The Labute approximate surface area is 119 Å². The van der Waals surface area contributed by atoms with Gasteiger partial charge in [-0.05, 0) is 37.2 Å². The molecule has 2 aromatic carbocycles. The lowest BCUT2D eigenvalue weighted by Gasteiger charge is -2.12. The maximum absolute atomic E-state index is 11.8. The van der Waals surface area contributed by atoms with Gasteiger partial charge in [0.25, 0.3) is 0 Å². The van der Waals surface area contributed by atoms with Gasteiger partial charge >= 0.3 is 0 Å². The van der Waals surface area contributed by atoms with Crippen molar-refractivity contribution in [3.05, 3.63) is 59.7 Å². The van der Waals surface area contributed by atoms with E-state index in [-0.39, 0.29) is 4.90 Å². The first-order chi connectivity index (χ1) is 9.53. The van der Waals surface area contributed by atoms with Crippen molar-refractivity contribution < 1.29 is 8.42 Å². The highest BCUT2D eigenvalue weighted by Crippen LogP contribution is 2.20. The molecule has 0 saturated carbocycles. The molecule has 5 heteroatoms. The van der Waals surface area contributed by atoms with Crippen molar-refractivity contribution in [2.45, 2.75) is 18.4 Å². The van der Waals surface area contributed by atoms with Gasteiger partial charge < -0.3 is 5.32 Å². The summed E-state index contributed by atoms with van der Waals surface area (Å²) in [7, 11) is -2.00. The number of benzene rings is 2. The molecule has 0 unspecified atom stereocenters. The van der Waals surface area contributed by atoms with E-state index < -0.39 is 10.0 Å². The normalized spacial score (nSPS) is 11.3. The molecule has 2 aromatic rings. The minimum atomic E-state index is -3.41. The zero-order valence-corrected chi connectivity index (χ0v) is 12.4. The van der Waals surface area contributed by atoms with Crippen molar-refractivity contribution in [3.8, 4) is 0 Å². The quantitative estimate of drug-likeness (QED) is 0.889. The van der Waals surface area contributed by atoms with E-state index in [1.807, 2.05) is 37.3 Å². The maximum Gasteiger partial charge on any atom is 0.240 e. The third-order valence-electron chi connectivity index (χ3n) is 3.11. The standard InChI is InChI=1S/C15H18N2O2S/c1-12-8-9-14(20(18,19)16-2)10-15(12)17-11-13-6-4-3-5-7-13/h3-10,16-17H,11H2,1-2H3. The van der Waals surface area contributed by atoms with E-state index in [1.165, 1.54) is 7.05 Å². The third kappa shape index (κ3) is 3.37. The van der Waals surface area contributed by atoms with Gasteiger partial charge in [-0.3, -0.25) is 0 Å². The molecule has 0 aliphatic heterocycles. The molecule has 0 atom stereocenters. The van der Waals surface area contributed by atoms with Crippen molar-refractivity contribution in [1.29, 1.82) is 0 Å². The molecule has 20 heavy (non-hydrogen) atoms. The summed E-state index contributed by atoms with van der Waals surface area (Å²) in [5, 5.41) is 3.27. The van der Waals surface area contributed by atoms with Gasteiger partial charge in [-0.1, -0.05) is 36.4 Å². The molecule has 2 rings (SSSR count). The lowest BCUT2D eigenvalue weighted by Crippen LogP contribution is -2.18. The van der Waals surface area contributed by atoms with Gasteiger partial charge in [0.15, 0.2) is 0 Å². The van der Waals surface area contributed by atoms with Gasteiger partial charge in [-0.2, -0.15) is 0 Å². The van der Waals surface area contributed by atoms with Crippen LogP contribution < -0.4 is 10.0 Å². The fraction of sp³-hybridized carbons (Fsp3) is 0.200. The van der Waals surface area contributed by atoms with Crippen molar-refractivity contribution in [3.63, 3.8) is 0 Å². The monoisotopic (exact) mass is 290 g/mol. The van der Waals surface area contributed by atoms with Crippen LogP contribution in [0.4, 0.5) is 5.69 Å². The van der Waals surface area contributed by atoms with Gasteiger partial charge in [0.1, 0.15) is 0 Å². The lowest BCUT2D eigenvalue weighted by molar-refractivity contribution is 0.588. The lowest BCUT2D eigenvalue weighted by atomic mass is 10.2. The van der Waals surface area contributed by atoms with Crippen LogP contribution in [0.3, 0.4) is 0 Å². The summed E-state index contributed by atoms with van der Waals surface area (Å²) in [6, 6.07) is 15.0. The summed E-state index contributed by atoms with van der Waals surface area (Å²) in [6.07, 6.45) is 0. The molecule has 0 amide bonds. The van der Waals surface area contributed by atoms with E-state index in [1.54, 1.807) is 18.2 Å². The van der Waals surface area contributed by atoms with E-state index in [0.29, 0.717) is 6.54 Å². The van der Waals surface area contributed by atoms with Crippen molar-refractivity contribution in [2.24, 2.45) is 0 Å². The van der Waals surface area contributed by atoms with Crippen LogP contribution in [0, 0.1) is 6.92 Å². The van der Waals surface area contributed by atoms with Crippen LogP contribution in [0.1, 0.15) is 11.1 Å². The summed E-state index contributed by atoms with van der Waals surface area (Å²) >= 11 is 0. The summed E-state index contributed by atoms with van der Waals surface area (Å²) in [5.41, 5.74) is 2.98. The van der Waals surface area contributed by atoms with Crippen LogP contribution >= 0.6 is 0 Å². The Morgan fingerprint density at radius 2 is 1.75 bits per heavy atom. The van der Waals surface area contributed by atoms with Gasteiger partial charge in [0.05, 0.1) is 4.90 Å². The molecule has 0 spiro atoms. The van der Waals surface area contributed by atoms with E-state index >= 15 is 0 Å². The molecule has 0 radical (unpaired) electrons. The number of aryl methyl sites for hydroxylation is 1. The predicted molar refractivity (Wildman–Crippen MR) is 81.2 cm³/mol. The SMILES string of the molecule is CNS(=O)(=O)c1ccc(C)c(NCc2ccccc2)c1. The molecule has 106 valence electrons. The Bertz CT molecular complexity index is 682. The average Bonchev–Trinajstić information content (AvgIpc) is 2.47. The Morgan fingerprint density at radius 3 is 2.40 bits per heavy atom. The largest absolute Gasteiger partial charge is 0.381 e. The van der Waals surface area contributed by atoms with Crippen LogP contribution in [-0.2, 0) is 16.6 Å². The number of sulfonamides is 1. The van der Waals surface area contributed by atoms with Gasteiger partial charge in [0.2, 0.25) is 10.0 Å². The molecule has 0 aliphatic rings. The Morgan fingerprint density at radius 1 is 1.05 bits per heavy atom. The van der Waals surface area contributed by atoms with Gasteiger partial charge in [-0.25, -0.2) is 13.1 Å². The number of rotatable bonds is 5. The minimum absolute atomic E-state index is 0.265. The number of hydrogen-bond donors (Lipinski definition) is 2. The third-order valence-corrected chi connectivity index (χ3v) is 4.53. The fourth-order valence-electron chi connectivity index (χ4n) is 1.87. The second kappa shape index (κ2) is 6.07. The van der Waals surface area contributed by atoms with Crippen LogP contribution in [0.2, 0.25) is 0 Å². The van der Waals surface area contributed by atoms with Crippen molar-refractivity contribution in [2.75, 3.05) is 12.4 Å². The topological polar surface area (TPSA) is 58.2 Å². The molecule has 0 fully saturated rings. The highest BCUT2D eigenvalue weighted by Gasteiger charge is 2.12. The van der Waals surface area contributed by atoms with Crippen LogP contribution in [0.5, 0.6) is 0 Å². The van der Waals surface area contributed by atoms with Crippen LogP contribution in [0.25, 0.3) is 0 Å². The first-order valence-corrected chi connectivity index (χ1v) is 7.83. The molecule has 0 aromatic heterocycles. The first-order valence-electron chi connectivity index (χ1n) is 6.35. The summed E-state index contributed by atoms with van der Waals surface area (Å²) in [4.78, 5) is 0.265. The second-order valence-electron chi connectivity index (χ2n) is 4.52. The average molecular weight is 290 g/mol. The van der Waals surface area contributed by atoms with Crippen LogP contribution in [-0.4, -0.2) is 15.5 Å². The summed E-state index contributed by atoms with van der Waals surface area (Å²) in [5.74, 6) is 0. The van der Waals surface area contributed by atoms with E-state index in [9.17, 15) is 8.42 Å². The molecule has 0 bridgehead atoms. The Balaban J connectivity index is 2.22. The Kier molecular flexibility index (Phi) is 4.42. The van der Waals surface area contributed by atoms with Crippen LogP contribution in [0.15, 0.2) is 53.4 Å². The highest BCUT2D eigenvalue weighted by molar-refractivity contribution is 7.89. The maximum atomic E-state index is 11.8. The van der Waals surface area contributed by atoms with Gasteiger partial charge in [0, 0.05) is 12.2 Å². The fourth-order valence-corrected chi connectivity index (χ4v) is 2.63. The number of anilines is 1. The first kappa shape index (κ1) is 14.6. The van der Waals surface area contributed by atoms with E-state index in [0.717, 1.165) is 16.8 Å². The zero-order valence-electron chi connectivity index (χ0n) is 11.6. The number of hydrogen-bond acceptors (Lipinski definition) is 3. The van der Waals surface area contributed by atoms with Crippen molar-refractivity contribution >= 4 is 15.7 Å². The molecular formula is C15H18N2O2S. The molecule has 0 heterocycles. The summed E-state index contributed by atoms with van der Waals surface area (Å²) in [6.45, 7) is 2.60. The smallest absolute Gasteiger partial charge is 0.240 e. The molecule has 0 saturated heterocycles. The number of nitrogens with one attached hydrogen (secondary N) is 2. The molecular weight excluding hydrogens is 272 g/mol. The highest BCUT2D eigenvalue weighted by atomic mass is 32.2. The van der Waals surface area contributed by atoms with E-state index in [4.69, 9.17) is 0 Å². The zero-order chi connectivity index (χ0) is 14.6. The van der Waals surface area contributed by atoms with E-state index in [2.05, 4.69) is 10.0 Å². The Hall–Kier alpha value is -1.85. The molecule has 4 nitrogen and oxygen atoms in total. The second-order valence-corrected chi connectivity index (χ2v) is 6.41. The van der Waals surface area contributed by atoms with Gasteiger partial charge in [-0.15, -0.1) is 0 Å². The predicted octanol–water partition coefficient (Wildman–Crippen LogP) is 2.52. The molecule has 2 N–H and O–H groups in total. The summed E-state index contributed by atoms with van der Waals surface area (Å²) < 4.78 is 25.9. The minimum Gasteiger partial charge on any atom is -0.381 e.